The van der Waals surface area contributed by atoms with E-state index in [1.54, 1.807) is 13.0 Å². The van der Waals surface area contributed by atoms with Crippen LogP contribution in [0, 0.1) is 0 Å². The summed E-state index contributed by atoms with van der Waals surface area (Å²) in [5, 5.41) is 0.404. The maximum Gasteiger partial charge on any atom is 0.185 e. The van der Waals surface area contributed by atoms with E-state index < -0.39 is 0 Å². The van der Waals surface area contributed by atoms with Crippen molar-refractivity contribution >= 4 is 40.4 Å². The third-order valence-corrected chi connectivity index (χ3v) is 2.69. The van der Waals surface area contributed by atoms with Gasteiger partial charge in [-0.15, -0.1) is 0 Å². The fourth-order valence-corrected chi connectivity index (χ4v) is 1.67. The van der Waals surface area contributed by atoms with Crippen LogP contribution in [0.25, 0.3) is 6.08 Å². The lowest BCUT2D eigenvalue weighted by molar-refractivity contribution is -0.109. The van der Waals surface area contributed by atoms with Crippen LogP contribution in [0.15, 0.2) is 12.3 Å². The van der Waals surface area contributed by atoms with Gasteiger partial charge in [-0.05, 0) is 12.5 Å². The molecular formula is C10H12ClN3OS. The fourth-order valence-electron chi connectivity index (χ4n) is 0.984. The van der Waals surface area contributed by atoms with E-state index in [9.17, 15) is 4.79 Å². The van der Waals surface area contributed by atoms with E-state index >= 15 is 0 Å². The summed E-state index contributed by atoms with van der Waals surface area (Å²) in [6, 6.07) is 0. The van der Waals surface area contributed by atoms with Gasteiger partial charge in [0.15, 0.2) is 10.9 Å². The number of allylic oxidation sites excluding steroid dienone is 1. The summed E-state index contributed by atoms with van der Waals surface area (Å²) in [6.45, 7) is 1.55. The second-order valence-corrected chi connectivity index (χ2v) is 4.65. The van der Waals surface area contributed by atoms with Gasteiger partial charge in [-0.25, -0.2) is 9.97 Å². The molecule has 0 aliphatic rings. The molecule has 0 radical (unpaired) electrons. The third-order valence-electron chi connectivity index (χ3n) is 1.67. The lowest BCUT2D eigenvalue weighted by atomic mass is 10.3. The molecule has 0 fully saturated rings. The van der Waals surface area contributed by atoms with Crippen molar-refractivity contribution in [2.45, 2.75) is 13.3 Å². The summed E-state index contributed by atoms with van der Waals surface area (Å²) in [5.41, 5.74) is 6.21. The first-order chi connectivity index (χ1) is 7.59. The molecule has 1 aromatic rings. The van der Waals surface area contributed by atoms with Crippen LogP contribution in [0.2, 0.25) is 5.15 Å². The van der Waals surface area contributed by atoms with Gasteiger partial charge in [-0.3, -0.25) is 4.79 Å². The van der Waals surface area contributed by atoms with Crippen LogP contribution in [-0.2, 0) is 4.79 Å². The van der Waals surface area contributed by atoms with Gasteiger partial charge in [0.05, 0.1) is 6.20 Å². The van der Waals surface area contributed by atoms with Crippen molar-refractivity contribution in [3.63, 3.8) is 0 Å². The van der Waals surface area contributed by atoms with Crippen molar-refractivity contribution in [1.82, 2.24) is 9.97 Å². The number of nitrogens with two attached hydrogens (primary N) is 1. The normalized spacial score (nSPS) is 10.9. The molecule has 0 atom stereocenters. The van der Waals surface area contributed by atoms with Crippen molar-refractivity contribution in [2.75, 3.05) is 11.5 Å². The molecule has 0 aromatic carbocycles. The highest BCUT2D eigenvalue weighted by atomic mass is 35.5. The first kappa shape index (κ1) is 13.0. The van der Waals surface area contributed by atoms with Gasteiger partial charge in [-0.1, -0.05) is 29.4 Å². The van der Waals surface area contributed by atoms with Gasteiger partial charge in [-0.2, -0.15) is 0 Å². The zero-order valence-electron chi connectivity index (χ0n) is 8.81. The number of nitrogens with zero attached hydrogens (tertiary/aromatic N) is 2. The van der Waals surface area contributed by atoms with Crippen LogP contribution in [0.5, 0.6) is 0 Å². The molecule has 0 saturated carbocycles. The zero-order valence-corrected chi connectivity index (χ0v) is 10.4. The molecule has 0 bridgehead atoms. The van der Waals surface area contributed by atoms with Gasteiger partial charge in [0.2, 0.25) is 0 Å². The summed E-state index contributed by atoms with van der Waals surface area (Å²) in [6.07, 6.45) is 5.92. The number of nitrogen functional groups attached to an aromatic ring is 1. The summed E-state index contributed by atoms with van der Waals surface area (Å²) < 4.78 is 0. The van der Waals surface area contributed by atoms with Crippen LogP contribution in [-0.4, -0.2) is 20.8 Å². The number of carbonyl (C=O) groups excluding carboxylic acids is 1. The molecule has 1 rings (SSSR count). The Bertz CT molecular complexity index is 409. The van der Waals surface area contributed by atoms with Crippen LogP contribution < -0.4 is 5.73 Å². The average molecular weight is 258 g/mol. The van der Waals surface area contributed by atoms with E-state index in [2.05, 4.69) is 9.97 Å². The second kappa shape index (κ2) is 6.50. The molecule has 0 saturated heterocycles. The Morgan fingerprint density at radius 1 is 1.69 bits per heavy atom. The minimum absolute atomic E-state index is 0.124. The topological polar surface area (TPSA) is 68.9 Å². The minimum Gasteiger partial charge on any atom is -0.382 e. The van der Waals surface area contributed by atoms with E-state index in [1.807, 2.05) is 6.08 Å². The molecule has 0 aliphatic heterocycles. The molecule has 0 amide bonds. The molecule has 0 unspecified atom stereocenters. The number of thioether (sulfide) groups is 1. The van der Waals surface area contributed by atoms with Crippen LogP contribution >= 0.6 is 23.4 Å². The molecule has 1 aromatic heterocycles. The standard InChI is InChI=1S/C10H12ClN3OS/c1-7(15)16-5-3-2-4-8-10(12)14-9(11)6-13-8/h2,4,6H,3,5H2,1H3,(H2,12,14). The van der Waals surface area contributed by atoms with Crippen molar-refractivity contribution in [1.29, 1.82) is 0 Å². The molecule has 4 nitrogen and oxygen atoms in total. The largest absolute Gasteiger partial charge is 0.382 e. The predicted octanol–water partition coefficient (Wildman–Crippen LogP) is 2.40. The molecule has 16 heavy (non-hydrogen) atoms. The minimum atomic E-state index is 0.124. The molecule has 2 N–H and O–H groups in total. The number of carbonyl (C=O) groups is 1. The van der Waals surface area contributed by atoms with Crippen LogP contribution in [0.1, 0.15) is 19.0 Å². The Balaban J connectivity index is 2.47. The lowest BCUT2D eigenvalue weighted by Gasteiger charge is -1.98. The number of hydrogen-bond donors (Lipinski definition) is 1. The Morgan fingerprint density at radius 2 is 2.44 bits per heavy atom. The Kier molecular flexibility index (Phi) is 5.28. The van der Waals surface area contributed by atoms with Crippen LogP contribution in [0.4, 0.5) is 5.82 Å². The van der Waals surface area contributed by atoms with Crippen molar-refractivity contribution in [2.24, 2.45) is 0 Å². The van der Waals surface area contributed by atoms with Crippen LogP contribution in [0.3, 0.4) is 0 Å². The average Bonchev–Trinajstić information content (AvgIpc) is 2.20. The van der Waals surface area contributed by atoms with Gasteiger partial charge in [0, 0.05) is 12.7 Å². The highest BCUT2D eigenvalue weighted by molar-refractivity contribution is 8.13. The summed E-state index contributed by atoms with van der Waals surface area (Å²) in [4.78, 5) is 18.6. The second-order valence-electron chi connectivity index (χ2n) is 2.99. The number of halogens is 1. The van der Waals surface area contributed by atoms with Gasteiger partial charge >= 0.3 is 0 Å². The number of rotatable bonds is 4. The molecule has 1 heterocycles. The quantitative estimate of drug-likeness (QED) is 0.839. The SMILES string of the molecule is CC(=O)SCCC=Cc1ncc(Cl)nc1N. The smallest absolute Gasteiger partial charge is 0.185 e. The summed E-state index contributed by atoms with van der Waals surface area (Å²) in [5.74, 6) is 1.07. The third kappa shape index (κ3) is 4.63. The van der Waals surface area contributed by atoms with E-state index in [-0.39, 0.29) is 10.3 Å². The highest BCUT2D eigenvalue weighted by Crippen LogP contribution is 2.12. The number of hydrogen-bond acceptors (Lipinski definition) is 5. The van der Waals surface area contributed by atoms with E-state index in [4.69, 9.17) is 17.3 Å². The Morgan fingerprint density at radius 3 is 3.06 bits per heavy atom. The van der Waals surface area contributed by atoms with Crippen molar-refractivity contribution < 1.29 is 4.79 Å². The van der Waals surface area contributed by atoms with Gasteiger partial charge in [0.25, 0.3) is 0 Å². The maximum absolute atomic E-state index is 10.7. The van der Waals surface area contributed by atoms with Gasteiger partial charge in [0.1, 0.15) is 10.8 Å². The maximum atomic E-state index is 10.7. The first-order valence-corrected chi connectivity index (χ1v) is 6.04. The van der Waals surface area contributed by atoms with E-state index in [0.717, 1.165) is 12.2 Å². The summed E-state index contributed by atoms with van der Waals surface area (Å²) in [7, 11) is 0. The molecule has 0 aliphatic carbocycles. The van der Waals surface area contributed by atoms with Gasteiger partial charge < -0.3 is 5.73 Å². The fraction of sp³-hybridized carbons (Fsp3) is 0.300. The monoisotopic (exact) mass is 257 g/mol. The zero-order chi connectivity index (χ0) is 12.0. The molecule has 86 valence electrons. The molecule has 6 heteroatoms. The lowest BCUT2D eigenvalue weighted by Crippen LogP contribution is -1.96. The van der Waals surface area contributed by atoms with Crippen molar-refractivity contribution in [3.05, 3.63) is 23.1 Å². The summed E-state index contributed by atoms with van der Waals surface area (Å²) >= 11 is 6.91. The van der Waals surface area contributed by atoms with E-state index in [0.29, 0.717) is 11.5 Å². The number of anilines is 1. The highest BCUT2D eigenvalue weighted by Gasteiger charge is 1.99. The predicted molar refractivity (Wildman–Crippen MR) is 68.2 cm³/mol. The van der Waals surface area contributed by atoms with Crippen molar-refractivity contribution in [3.8, 4) is 0 Å². The van der Waals surface area contributed by atoms with E-state index in [1.165, 1.54) is 18.0 Å². The molecular weight excluding hydrogens is 246 g/mol. The first-order valence-electron chi connectivity index (χ1n) is 4.67. The molecule has 0 spiro atoms. The Labute approximate surface area is 103 Å². The number of aromatic nitrogens is 2. The Hall–Kier alpha value is -1.07.